The summed E-state index contributed by atoms with van der Waals surface area (Å²) >= 11 is 1.44. The molecule has 6 nitrogen and oxygen atoms in total. The summed E-state index contributed by atoms with van der Waals surface area (Å²) in [5, 5.41) is 18.4. The molecule has 2 amide bonds. The van der Waals surface area contributed by atoms with Gasteiger partial charge in [-0.25, -0.2) is 5.43 Å². The average molecular weight is 405 g/mol. The number of aryl methyl sites for hydroxylation is 1. The zero-order valence-corrected chi connectivity index (χ0v) is 16.4. The standard InChI is InChI=1S/C22H19N3O3S/c1-15-7-5-10-17(20(15)26)14-23-25-22(28)19(13-18-11-6-12-29-18)24-21(27)16-8-3-2-4-9-16/h2-14,26H,1H3,(H,24,27)(H,25,28)/b19-13+,23-14+. The fraction of sp³-hybridized carbons (Fsp3) is 0.0455. The molecule has 0 aliphatic heterocycles. The van der Waals surface area contributed by atoms with Gasteiger partial charge in [0, 0.05) is 16.0 Å². The van der Waals surface area contributed by atoms with Gasteiger partial charge in [-0.3, -0.25) is 9.59 Å². The minimum absolute atomic E-state index is 0.0620. The van der Waals surface area contributed by atoms with Gasteiger partial charge in [0.15, 0.2) is 0 Å². The number of rotatable bonds is 6. The van der Waals surface area contributed by atoms with Gasteiger partial charge in [0.05, 0.1) is 6.21 Å². The summed E-state index contributed by atoms with van der Waals surface area (Å²) in [6.07, 6.45) is 2.93. The normalized spacial score (nSPS) is 11.4. The van der Waals surface area contributed by atoms with Gasteiger partial charge in [-0.05, 0) is 48.2 Å². The second-order valence-electron chi connectivity index (χ2n) is 6.11. The third-order valence-electron chi connectivity index (χ3n) is 4.00. The summed E-state index contributed by atoms with van der Waals surface area (Å²) in [6, 6.07) is 17.5. The molecule has 0 fully saturated rings. The topological polar surface area (TPSA) is 90.8 Å². The smallest absolute Gasteiger partial charge is 0.287 e. The van der Waals surface area contributed by atoms with E-state index in [2.05, 4.69) is 15.8 Å². The van der Waals surface area contributed by atoms with E-state index in [1.807, 2.05) is 17.5 Å². The Labute approximate surface area is 172 Å². The zero-order valence-electron chi connectivity index (χ0n) is 15.6. The molecule has 0 unspecified atom stereocenters. The van der Waals surface area contributed by atoms with E-state index in [0.717, 1.165) is 4.88 Å². The molecule has 7 heteroatoms. The highest BCUT2D eigenvalue weighted by Crippen LogP contribution is 2.19. The van der Waals surface area contributed by atoms with Crippen molar-refractivity contribution in [2.24, 2.45) is 5.10 Å². The zero-order chi connectivity index (χ0) is 20.6. The van der Waals surface area contributed by atoms with Crippen LogP contribution < -0.4 is 10.7 Å². The number of nitrogens with zero attached hydrogens (tertiary/aromatic N) is 1. The second-order valence-corrected chi connectivity index (χ2v) is 7.08. The Morgan fingerprint density at radius 3 is 2.55 bits per heavy atom. The van der Waals surface area contributed by atoms with E-state index in [1.165, 1.54) is 17.6 Å². The van der Waals surface area contributed by atoms with E-state index in [0.29, 0.717) is 16.7 Å². The number of nitrogens with one attached hydrogen (secondary N) is 2. The summed E-state index contributed by atoms with van der Waals surface area (Å²) in [5.41, 5.74) is 4.06. The van der Waals surface area contributed by atoms with Crippen molar-refractivity contribution in [2.45, 2.75) is 6.92 Å². The third-order valence-corrected chi connectivity index (χ3v) is 4.82. The lowest BCUT2D eigenvalue weighted by Crippen LogP contribution is -2.32. The maximum Gasteiger partial charge on any atom is 0.287 e. The molecule has 3 N–H and O–H groups in total. The molecule has 1 heterocycles. The predicted octanol–water partition coefficient (Wildman–Crippen LogP) is 3.68. The number of hydrogen-bond acceptors (Lipinski definition) is 5. The van der Waals surface area contributed by atoms with Crippen molar-refractivity contribution < 1.29 is 14.7 Å². The molecule has 0 radical (unpaired) electrons. The lowest BCUT2D eigenvalue weighted by Gasteiger charge is -2.09. The van der Waals surface area contributed by atoms with Crippen LogP contribution in [0.2, 0.25) is 0 Å². The van der Waals surface area contributed by atoms with Crippen LogP contribution in [-0.4, -0.2) is 23.1 Å². The maximum absolute atomic E-state index is 12.6. The quantitative estimate of drug-likeness (QED) is 0.332. The highest BCUT2D eigenvalue weighted by atomic mass is 32.1. The largest absolute Gasteiger partial charge is 0.507 e. The fourth-order valence-electron chi connectivity index (χ4n) is 2.46. The van der Waals surface area contributed by atoms with Gasteiger partial charge in [0.25, 0.3) is 11.8 Å². The summed E-state index contributed by atoms with van der Waals surface area (Å²) in [5.74, 6) is -0.882. The summed E-state index contributed by atoms with van der Waals surface area (Å²) in [7, 11) is 0. The molecule has 0 spiro atoms. The van der Waals surface area contributed by atoms with Crippen LogP contribution in [0, 0.1) is 6.92 Å². The Balaban J connectivity index is 1.77. The minimum Gasteiger partial charge on any atom is -0.507 e. The number of phenols is 1. The minimum atomic E-state index is -0.578. The van der Waals surface area contributed by atoms with Crippen molar-refractivity contribution in [1.82, 2.24) is 10.7 Å². The summed E-state index contributed by atoms with van der Waals surface area (Å²) < 4.78 is 0. The second kappa shape index (κ2) is 9.48. The number of phenolic OH excluding ortho intramolecular Hbond substituents is 1. The molecule has 0 aliphatic carbocycles. The van der Waals surface area contributed by atoms with Crippen molar-refractivity contribution >= 4 is 35.4 Å². The summed E-state index contributed by atoms with van der Waals surface area (Å²) in [4.78, 5) is 25.9. The number of para-hydroxylation sites is 1. The average Bonchev–Trinajstić information content (AvgIpc) is 3.24. The molecule has 0 bridgehead atoms. The van der Waals surface area contributed by atoms with Crippen molar-refractivity contribution in [2.75, 3.05) is 0 Å². The van der Waals surface area contributed by atoms with E-state index >= 15 is 0 Å². The molecule has 3 rings (SSSR count). The highest BCUT2D eigenvalue weighted by Gasteiger charge is 2.14. The number of hydrogen-bond donors (Lipinski definition) is 3. The summed E-state index contributed by atoms with van der Waals surface area (Å²) in [6.45, 7) is 1.77. The van der Waals surface area contributed by atoms with Gasteiger partial charge in [-0.2, -0.15) is 5.10 Å². The molecule has 1 aromatic heterocycles. The molecule has 0 aliphatic rings. The molecular formula is C22H19N3O3S. The Bertz CT molecular complexity index is 1060. The molecular weight excluding hydrogens is 386 g/mol. The van der Waals surface area contributed by atoms with Gasteiger partial charge in [-0.15, -0.1) is 11.3 Å². The molecule has 29 heavy (non-hydrogen) atoms. The van der Waals surface area contributed by atoms with Crippen LogP contribution in [0.25, 0.3) is 6.08 Å². The van der Waals surface area contributed by atoms with Crippen molar-refractivity contribution in [3.63, 3.8) is 0 Å². The van der Waals surface area contributed by atoms with Gasteiger partial charge in [-0.1, -0.05) is 36.4 Å². The van der Waals surface area contributed by atoms with Crippen LogP contribution in [0.3, 0.4) is 0 Å². The van der Waals surface area contributed by atoms with E-state index < -0.39 is 11.8 Å². The van der Waals surface area contributed by atoms with E-state index in [4.69, 9.17) is 0 Å². The number of aromatic hydroxyl groups is 1. The Morgan fingerprint density at radius 1 is 1.03 bits per heavy atom. The SMILES string of the molecule is Cc1cccc(/C=N/NC(=O)/C(=C\c2cccs2)NC(=O)c2ccccc2)c1O. The van der Waals surface area contributed by atoms with Crippen LogP contribution in [-0.2, 0) is 4.79 Å². The van der Waals surface area contributed by atoms with Crippen molar-refractivity contribution in [3.05, 3.63) is 93.3 Å². The van der Waals surface area contributed by atoms with Gasteiger partial charge in [0.1, 0.15) is 11.4 Å². The van der Waals surface area contributed by atoms with Crippen LogP contribution >= 0.6 is 11.3 Å². The highest BCUT2D eigenvalue weighted by molar-refractivity contribution is 7.10. The number of carbonyl (C=O) groups is 2. The van der Waals surface area contributed by atoms with Gasteiger partial charge in [0.2, 0.25) is 0 Å². The number of benzene rings is 2. The van der Waals surface area contributed by atoms with E-state index in [1.54, 1.807) is 61.5 Å². The maximum atomic E-state index is 12.6. The van der Waals surface area contributed by atoms with Crippen molar-refractivity contribution in [1.29, 1.82) is 0 Å². The van der Waals surface area contributed by atoms with Crippen LogP contribution in [0.5, 0.6) is 5.75 Å². The van der Waals surface area contributed by atoms with E-state index in [9.17, 15) is 14.7 Å². The lowest BCUT2D eigenvalue weighted by atomic mass is 10.1. The van der Waals surface area contributed by atoms with Crippen molar-refractivity contribution in [3.8, 4) is 5.75 Å². The Hall–Kier alpha value is -3.71. The number of hydrazone groups is 1. The van der Waals surface area contributed by atoms with Gasteiger partial charge < -0.3 is 10.4 Å². The fourth-order valence-corrected chi connectivity index (χ4v) is 3.12. The molecule has 0 atom stereocenters. The first-order chi connectivity index (χ1) is 14.0. The molecule has 146 valence electrons. The first-order valence-electron chi connectivity index (χ1n) is 8.78. The Morgan fingerprint density at radius 2 is 1.83 bits per heavy atom. The van der Waals surface area contributed by atoms with Crippen LogP contribution in [0.1, 0.15) is 26.4 Å². The number of amides is 2. The third kappa shape index (κ3) is 5.40. The number of thiophene rings is 1. The predicted molar refractivity (Wildman–Crippen MR) is 115 cm³/mol. The molecule has 2 aromatic carbocycles. The van der Waals surface area contributed by atoms with Crippen LogP contribution in [0.15, 0.2) is 76.8 Å². The van der Waals surface area contributed by atoms with Gasteiger partial charge >= 0.3 is 0 Å². The molecule has 0 saturated heterocycles. The van der Waals surface area contributed by atoms with Crippen LogP contribution in [0.4, 0.5) is 0 Å². The number of carbonyl (C=O) groups excluding carboxylic acids is 2. The monoisotopic (exact) mass is 405 g/mol. The molecule has 0 saturated carbocycles. The molecule has 3 aromatic rings. The lowest BCUT2D eigenvalue weighted by molar-refractivity contribution is -0.117. The first kappa shape index (κ1) is 20.0. The first-order valence-corrected chi connectivity index (χ1v) is 9.66. The Kier molecular flexibility index (Phi) is 6.55. The van der Waals surface area contributed by atoms with E-state index in [-0.39, 0.29) is 11.4 Å².